The number of aliphatic hydroxyl groups is 1. The molecule has 8 nitrogen and oxygen atoms in total. The lowest BCUT2D eigenvalue weighted by Gasteiger charge is -2.28. The van der Waals surface area contributed by atoms with E-state index in [-0.39, 0.29) is 42.0 Å². The summed E-state index contributed by atoms with van der Waals surface area (Å²) >= 11 is 0. The van der Waals surface area contributed by atoms with Crippen molar-refractivity contribution in [2.75, 3.05) is 26.7 Å². The summed E-state index contributed by atoms with van der Waals surface area (Å²) in [7, 11) is 1.87. The molecule has 4 N–H and O–H groups in total. The molecule has 3 rings (SSSR count). The summed E-state index contributed by atoms with van der Waals surface area (Å²) in [4.78, 5) is 14.3. The van der Waals surface area contributed by atoms with Crippen LogP contribution in [0.3, 0.4) is 0 Å². The lowest BCUT2D eigenvalue weighted by Crippen LogP contribution is -2.34. The van der Waals surface area contributed by atoms with Crippen molar-refractivity contribution in [1.29, 1.82) is 0 Å². The molecule has 2 heterocycles. The molecule has 27 heavy (non-hydrogen) atoms. The summed E-state index contributed by atoms with van der Waals surface area (Å²) < 4.78 is 15.9. The number of halogens is 1. The van der Waals surface area contributed by atoms with E-state index in [4.69, 9.17) is 5.73 Å². The summed E-state index contributed by atoms with van der Waals surface area (Å²) in [6.07, 6.45) is 2.21. The molecule has 1 aromatic heterocycles. The molecule has 146 valence electrons. The summed E-state index contributed by atoms with van der Waals surface area (Å²) in [5.74, 6) is -0.651. The second-order valence-electron chi connectivity index (χ2n) is 6.83. The number of nitrogens with one attached hydrogen (secondary N) is 1. The standard InChI is InChI=1S/C18H25FN6O2/c1-24-13(11-26)8-12(17(24)14-4-2-3-5-15(14)19)9-21-18(27)16-10-25(7-6-20)23-22-16/h2-5,10,12-13,17,26H,6-9,11,20H2,1H3,(H,21,27)/t12-,13+,17-/m1/s1. The SMILES string of the molecule is CN1[C@H](CO)C[C@H](CNC(=O)c2cn(CCN)nn2)[C@@H]1c1ccccc1F. The smallest absolute Gasteiger partial charge is 0.273 e. The molecule has 1 aliphatic heterocycles. The van der Waals surface area contributed by atoms with E-state index in [0.717, 1.165) is 0 Å². The minimum Gasteiger partial charge on any atom is -0.395 e. The first kappa shape index (κ1) is 19.4. The second kappa shape index (κ2) is 8.55. The highest BCUT2D eigenvalue weighted by atomic mass is 19.1. The molecule has 0 unspecified atom stereocenters. The highest BCUT2D eigenvalue weighted by Gasteiger charge is 2.40. The zero-order chi connectivity index (χ0) is 19.4. The van der Waals surface area contributed by atoms with Gasteiger partial charge in [-0.05, 0) is 25.5 Å². The van der Waals surface area contributed by atoms with Crippen LogP contribution in [0.5, 0.6) is 0 Å². The van der Waals surface area contributed by atoms with Crippen LogP contribution >= 0.6 is 0 Å². The van der Waals surface area contributed by atoms with Gasteiger partial charge in [0, 0.05) is 30.7 Å². The lowest BCUT2D eigenvalue weighted by atomic mass is 9.92. The third kappa shape index (κ3) is 4.15. The molecule has 1 fully saturated rings. The molecular formula is C18H25FN6O2. The zero-order valence-corrected chi connectivity index (χ0v) is 15.3. The molecule has 0 bridgehead atoms. The van der Waals surface area contributed by atoms with Crippen molar-refractivity contribution in [2.45, 2.75) is 25.0 Å². The Balaban J connectivity index is 1.71. The molecule has 0 aliphatic carbocycles. The first-order valence-corrected chi connectivity index (χ1v) is 9.00. The van der Waals surface area contributed by atoms with E-state index in [1.54, 1.807) is 24.4 Å². The molecule has 1 saturated heterocycles. The number of likely N-dealkylation sites (N-methyl/N-ethyl adjacent to an activating group) is 1. The minimum absolute atomic E-state index is 0.0146. The number of nitrogens with zero attached hydrogens (tertiary/aromatic N) is 4. The Hall–Kier alpha value is -2.36. The van der Waals surface area contributed by atoms with E-state index < -0.39 is 0 Å². The van der Waals surface area contributed by atoms with Crippen molar-refractivity contribution in [3.05, 3.63) is 47.5 Å². The number of carbonyl (C=O) groups excluding carboxylic acids is 1. The predicted octanol–water partition coefficient (Wildman–Crippen LogP) is 0.160. The van der Waals surface area contributed by atoms with Gasteiger partial charge in [0.05, 0.1) is 19.3 Å². The number of hydrogen-bond acceptors (Lipinski definition) is 6. The van der Waals surface area contributed by atoms with Gasteiger partial charge >= 0.3 is 0 Å². The van der Waals surface area contributed by atoms with Crippen LogP contribution in [0.15, 0.2) is 30.5 Å². The van der Waals surface area contributed by atoms with Crippen LogP contribution in [0.4, 0.5) is 4.39 Å². The second-order valence-corrected chi connectivity index (χ2v) is 6.83. The third-order valence-electron chi connectivity index (χ3n) is 5.12. The van der Waals surface area contributed by atoms with E-state index in [1.165, 1.54) is 10.7 Å². The first-order valence-electron chi connectivity index (χ1n) is 9.00. The van der Waals surface area contributed by atoms with Gasteiger partial charge in [0.2, 0.25) is 0 Å². The van der Waals surface area contributed by atoms with Gasteiger partial charge in [-0.25, -0.2) is 4.39 Å². The maximum Gasteiger partial charge on any atom is 0.273 e. The Kier molecular flexibility index (Phi) is 6.15. The van der Waals surface area contributed by atoms with Gasteiger partial charge in [-0.1, -0.05) is 23.4 Å². The largest absolute Gasteiger partial charge is 0.395 e. The van der Waals surface area contributed by atoms with Gasteiger partial charge in [-0.2, -0.15) is 0 Å². The first-order chi connectivity index (χ1) is 13.0. The lowest BCUT2D eigenvalue weighted by molar-refractivity contribution is 0.0937. The van der Waals surface area contributed by atoms with Gasteiger partial charge in [-0.15, -0.1) is 5.10 Å². The molecule has 1 aliphatic rings. The van der Waals surface area contributed by atoms with Crippen molar-refractivity contribution in [1.82, 2.24) is 25.2 Å². The Morgan fingerprint density at radius 2 is 2.22 bits per heavy atom. The Labute approximate surface area is 157 Å². The maximum absolute atomic E-state index is 14.4. The van der Waals surface area contributed by atoms with Gasteiger partial charge in [0.15, 0.2) is 5.69 Å². The molecule has 0 radical (unpaired) electrons. The van der Waals surface area contributed by atoms with E-state index >= 15 is 0 Å². The maximum atomic E-state index is 14.4. The van der Waals surface area contributed by atoms with Crippen LogP contribution in [-0.2, 0) is 6.54 Å². The molecule has 9 heteroatoms. The monoisotopic (exact) mass is 376 g/mol. The van der Waals surface area contributed by atoms with Crippen molar-refractivity contribution < 1.29 is 14.3 Å². The van der Waals surface area contributed by atoms with E-state index in [1.807, 2.05) is 11.9 Å². The summed E-state index contributed by atoms with van der Waals surface area (Å²) in [6.45, 7) is 1.23. The average Bonchev–Trinajstić information content (AvgIpc) is 3.25. The average molecular weight is 376 g/mol. The third-order valence-corrected chi connectivity index (χ3v) is 5.12. The van der Waals surface area contributed by atoms with Crippen LogP contribution in [0.25, 0.3) is 0 Å². The number of carbonyl (C=O) groups is 1. The number of aromatic nitrogens is 3. The number of amides is 1. The molecule has 1 aromatic carbocycles. The van der Waals surface area contributed by atoms with E-state index in [9.17, 15) is 14.3 Å². The Morgan fingerprint density at radius 3 is 2.93 bits per heavy atom. The minimum atomic E-state index is -0.333. The highest BCUT2D eigenvalue weighted by Crippen LogP contribution is 2.40. The number of likely N-dealkylation sites (tertiary alicyclic amines) is 1. The van der Waals surface area contributed by atoms with E-state index in [2.05, 4.69) is 15.6 Å². The number of hydrogen-bond donors (Lipinski definition) is 3. The normalized spacial score (nSPS) is 22.9. The fraction of sp³-hybridized carbons (Fsp3) is 0.500. The number of rotatable bonds is 7. The number of benzene rings is 1. The van der Waals surface area contributed by atoms with Gasteiger partial charge in [0.25, 0.3) is 5.91 Å². The number of aliphatic hydroxyl groups excluding tert-OH is 1. The van der Waals surface area contributed by atoms with E-state index in [0.29, 0.717) is 31.6 Å². The van der Waals surface area contributed by atoms with Crippen molar-refractivity contribution >= 4 is 5.91 Å². The fourth-order valence-corrected chi connectivity index (χ4v) is 3.75. The van der Waals surface area contributed by atoms with Crippen molar-refractivity contribution in [3.8, 4) is 0 Å². The van der Waals surface area contributed by atoms with Gasteiger partial charge in [-0.3, -0.25) is 14.4 Å². The van der Waals surface area contributed by atoms with Gasteiger partial charge in [0.1, 0.15) is 5.82 Å². The quantitative estimate of drug-likeness (QED) is 0.635. The molecule has 1 amide bonds. The van der Waals surface area contributed by atoms with Crippen LogP contribution < -0.4 is 11.1 Å². The highest BCUT2D eigenvalue weighted by molar-refractivity contribution is 5.91. The molecule has 0 spiro atoms. The molecule has 0 saturated carbocycles. The zero-order valence-electron chi connectivity index (χ0n) is 15.3. The van der Waals surface area contributed by atoms with Crippen LogP contribution in [-0.4, -0.2) is 63.7 Å². The predicted molar refractivity (Wildman–Crippen MR) is 97.3 cm³/mol. The van der Waals surface area contributed by atoms with Crippen LogP contribution in [0.1, 0.15) is 28.5 Å². The fourth-order valence-electron chi connectivity index (χ4n) is 3.75. The van der Waals surface area contributed by atoms with Crippen LogP contribution in [0.2, 0.25) is 0 Å². The van der Waals surface area contributed by atoms with Crippen LogP contribution in [0, 0.1) is 11.7 Å². The molecule has 3 atom stereocenters. The topological polar surface area (TPSA) is 109 Å². The summed E-state index contributed by atoms with van der Waals surface area (Å²) in [5.41, 5.74) is 6.26. The van der Waals surface area contributed by atoms with Gasteiger partial charge < -0.3 is 16.2 Å². The van der Waals surface area contributed by atoms with Crippen molar-refractivity contribution in [2.24, 2.45) is 11.7 Å². The summed E-state index contributed by atoms with van der Waals surface area (Å²) in [5, 5.41) is 20.2. The molecular weight excluding hydrogens is 351 g/mol. The Bertz CT molecular complexity index is 783. The molecule has 2 aromatic rings. The number of nitrogens with two attached hydrogens (primary N) is 1. The summed E-state index contributed by atoms with van der Waals surface area (Å²) in [6, 6.07) is 6.33. The Morgan fingerprint density at radius 1 is 1.44 bits per heavy atom. The van der Waals surface area contributed by atoms with Crippen molar-refractivity contribution in [3.63, 3.8) is 0 Å².